The van der Waals surface area contributed by atoms with Crippen LogP contribution < -0.4 is 0 Å². The van der Waals surface area contributed by atoms with Crippen molar-refractivity contribution >= 4 is 43.5 Å². The van der Waals surface area contributed by atoms with E-state index >= 15 is 0 Å². The molecular formula is C44H38IrN2O-2. The van der Waals surface area contributed by atoms with Crippen LogP contribution in [0.3, 0.4) is 0 Å². The van der Waals surface area contributed by atoms with Gasteiger partial charge < -0.3 is 14.4 Å². The fraction of sp³-hybridized carbons (Fsp3) is 0.182. The molecule has 48 heavy (non-hydrogen) atoms. The zero-order chi connectivity index (χ0) is 32.8. The van der Waals surface area contributed by atoms with E-state index in [4.69, 9.17) is 9.40 Å². The first-order valence-electron chi connectivity index (χ1n) is 16.2. The van der Waals surface area contributed by atoms with E-state index in [-0.39, 0.29) is 30.9 Å². The maximum absolute atomic E-state index is 6.42. The van der Waals surface area contributed by atoms with Gasteiger partial charge in [-0.05, 0) is 67.0 Å². The normalized spacial score (nSPS) is 11.8. The standard InChI is InChI=1S/C29H22NO.C15H16N.Ir/c1-29(2,3)20-13-14-26(30-17-20)23-10-6-9-22-25-15-19-12-11-18-7-4-5-8-21(18)24(19)16-27(25)31-28(22)23;1-15(2,3)13-9-10-14(16-11-13)12-7-5-4-6-8-12;/h4-9,11-17H,1-3H3;4-7,9-11H,1-3H3;/q2*-1;. The molecule has 0 amide bonds. The fourth-order valence-electron chi connectivity index (χ4n) is 5.97. The Morgan fingerprint density at radius 1 is 0.542 bits per heavy atom. The molecule has 0 fully saturated rings. The number of nitrogens with zero attached hydrogens (tertiary/aromatic N) is 2. The van der Waals surface area contributed by atoms with Crippen molar-refractivity contribution in [3.63, 3.8) is 0 Å². The van der Waals surface area contributed by atoms with Gasteiger partial charge in [0.2, 0.25) is 0 Å². The summed E-state index contributed by atoms with van der Waals surface area (Å²) in [7, 11) is 0. The minimum atomic E-state index is 0. The molecule has 3 nitrogen and oxygen atoms in total. The Labute approximate surface area is 296 Å². The number of fused-ring (bicyclic) bond motifs is 6. The number of furan rings is 1. The van der Waals surface area contributed by atoms with Crippen LogP contribution in [0.1, 0.15) is 52.7 Å². The Morgan fingerprint density at radius 2 is 1.21 bits per heavy atom. The van der Waals surface area contributed by atoms with Crippen LogP contribution >= 0.6 is 0 Å². The monoisotopic (exact) mass is 803 g/mol. The summed E-state index contributed by atoms with van der Waals surface area (Å²) in [4.78, 5) is 9.22. The number of benzene rings is 5. The number of hydrogen-bond acceptors (Lipinski definition) is 3. The van der Waals surface area contributed by atoms with Crippen molar-refractivity contribution in [2.45, 2.75) is 52.4 Å². The minimum Gasteiger partial charge on any atom is -0.501 e. The predicted molar refractivity (Wildman–Crippen MR) is 197 cm³/mol. The molecule has 3 heterocycles. The third-order valence-corrected chi connectivity index (χ3v) is 8.80. The van der Waals surface area contributed by atoms with E-state index in [9.17, 15) is 0 Å². The summed E-state index contributed by atoms with van der Waals surface area (Å²) in [6.07, 6.45) is 3.92. The summed E-state index contributed by atoms with van der Waals surface area (Å²) < 4.78 is 6.42. The predicted octanol–water partition coefficient (Wildman–Crippen LogP) is 11.9. The van der Waals surface area contributed by atoms with Crippen LogP contribution in [0.15, 0.2) is 126 Å². The van der Waals surface area contributed by atoms with E-state index in [1.165, 1.54) is 32.7 Å². The van der Waals surface area contributed by atoms with E-state index in [2.05, 4.69) is 138 Å². The molecule has 3 aromatic heterocycles. The Kier molecular flexibility index (Phi) is 9.09. The molecule has 8 aromatic rings. The molecule has 5 aromatic carbocycles. The molecule has 241 valence electrons. The summed E-state index contributed by atoms with van der Waals surface area (Å²) in [5.41, 5.74) is 8.25. The molecule has 0 spiro atoms. The van der Waals surface area contributed by atoms with Gasteiger partial charge in [-0.3, -0.25) is 0 Å². The SMILES string of the molecule is CC(C)(C)c1ccc(-c2[c-]ccc3c2oc2cc4c(ccc5ccccc54)cc23)nc1.CC(C)(C)c1ccc(-c2[c-]cccc2)nc1.[Ir]. The molecule has 0 atom stereocenters. The number of hydrogen-bond donors (Lipinski definition) is 0. The van der Waals surface area contributed by atoms with E-state index < -0.39 is 0 Å². The third-order valence-electron chi connectivity index (χ3n) is 8.80. The van der Waals surface area contributed by atoms with Crippen LogP contribution in [0, 0.1) is 12.1 Å². The Balaban J connectivity index is 0.000000201. The summed E-state index contributed by atoms with van der Waals surface area (Å²) in [5, 5.41) is 7.13. The molecule has 1 radical (unpaired) electrons. The Bertz CT molecular complexity index is 2340. The second-order valence-electron chi connectivity index (χ2n) is 14.2. The topological polar surface area (TPSA) is 38.9 Å². The van der Waals surface area contributed by atoms with E-state index in [0.717, 1.165) is 44.5 Å². The van der Waals surface area contributed by atoms with Crippen molar-refractivity contribution < 1.29 is 24.5 Å². The van der Waals surface area contributed by atoms with Gasteiger partial charge in [-0.1, -0.05) is 113 Å². The second-order valence-corrected chi connectivity index (χ2v) is 14.2. The summed E-state index contributed by atoms with van der Waals surface area (Å²) in [5.74, 6) is 0. The zero-order valence-corrected chi connectivity index (χ0v) is 30.6. The van der Waals surface area contributed by atoms with Crippen LogP contribution in [0.5, 0.6) is 0 Å². The Hall–Kier alpha value is -4.63. The molecule has 0 saturated carbocycles. The van der Waals surface area contributed by atoms with Gasteiger partial charge in [0.05, 0.1) is 5.58 Å². The zero-order valence-electron chi connectivity index (χ0n) is 28.2. The first-order chi connectivity index (χ1) is 22.6. The first-order valence-corrected chi connectivity index (χ1v) is 16.2. The molecule has 0 saturated heterocycles. The molecular weight excluding hydrogens is 765 g/mol. The summed E-state index contributed by atoms with van der Waals surface area (Å²) in [6, 6.07) is 44.2. The molecule has 0 aliphatic rings. The second kappa shape index (κ2) is 13.1. The van der Waals surface area contributed by atoms with Gasteiger partial charge in [0.25, 0.3) is 0 Å². The van der Waals surface area contributed by atoms with Gasteiger partial charge in [-0.2, -0.15) is 0 Å². The first kappa shape index (κ1) is 33.3. The number of rotatable bonds is 2. The Morgan fingerprint density at radius 3 is 1.85 bits per heavy atom. The van der Waals surface area contributed by atoms with Crippen LogP contribution in [0.4, 0.5) is 0 Å². The number of aromatic nitrogens is 2. The van der Waals surface area contributed by atoms with Gasteiger partial charge in [-0.25, -0.2) is 0 Å². The third kappa shape index (κ3) is 6.56. The van der Waals surface area contributed by atoms with Crippen molar-refractivity contribution in [3.05, 3.63) is 145 Å². The van der Waals surface area contributed by atoms with Crippen molar-refractivity contribution in [2.24, 2.45) is 0 Å². The minimum absolute atomic E-state index is 0. The van der Waals surface area contributed by atoms with Crippen molar-refractivity contribution in [2.75, 3.05) is 0 Å². The molecule has 0 aliphatic carbocycles. The van der Waals surface area contributed by atoms with Crippen molar-refractivity contribution in [1.82, 2.24) is 9.97 Å². The van der Waals surface area contributed by atoms with Crippen molar-refractivity contribution in [1.29, 1.82) is 0 Å². The molecule has 4 heteroatoms. The summed E-state index contributed by atoms with van der Waals surface area (Å²) >= 11 is 0. The molecule has 8 rings (SSSR count). The van der Waals surface area contributed by atoms with Crippen LogP contribution in [-0.4, -0.2) is 9.97 Å². The molecule has 0 N–H and O–H groups in total. The van der Waals surface area contributed by atoms with E-state index in [1.807, 2.05) is 42.7 Å². The van der Waals surface area contributed by atoms with Crippen LogP contribution in [0.2, 0.25) is 0 Å². The van der Waals surface area contributed by atoms with Gasteiger partial charge in [0.1, 0.15) is 5.58 Å². The van der Waals surface area contributed by atoms with Crippen molar-refractivity contribution in [3.8, 4) is 22.5 Å². The average molecular weight is 803 g/mol. The quantitative estimate of drug-likeness (QED) is 0.129. The van der Waals surface area contributed by atoms with Crippen LogP contribution in [0.25, 0.3) is 66.0 Å². The molecule has 0 unspecified atom stereocenters. The van der Waals surface area contributed by atoms with Gasteiger partial charge >= 0.3 is 0 Å². The number of pyridine rings is 2. The van der Waals surface area contributed by atoms with E-state index in [0.29, 0.717) is 0 Å². The average Bonchev–Trinajstić information content (AvgIpc) is 3.45. The maximum atomic E-state index is 6.42. The molecule has 0 bridgehead atoms. The molecule has 0 aliphatic heterocycles. The van der Waals surface area contributed by atoms with Gasteiger partial charge in [0.15, 0.2) is 0 Å². The largest absolute Gasteiger partial charge is 0.501 e. The van der Waals surface area contributed by atoms with E-state index in [1.54, 1.807) is 0 Å². The van der Waals surface area contributed by atoms with Crippen LogP contribution in [-0.2, 0) is 30.9 Å². The maximum Gasteiger partial charge on any atom is 0.121 e. The fourth-order valence-corrected chi connectivity index (χ4v) is 5.97. The summed E-state index contributed by atoms with van der Waals surface area (Å²) in [6.45, 7) is 13.2. The van der Waals surface area contributed by atoms with Gasteiger partial charge in [0, 0.05) is 37.9 Å². The smallest absolute Gasteiger partial charge is 0.121 e. The van der Waals surface area contributed by atoms with Gasteiger partial charge in [-0.15, -0.1) is 54.1 Å².